The largest absolute Gasteiger partial charge is 0.326 e. The van der Waals surface area contributed by atoms with E-state index in [1.165, 1.54) is 16.7 Å². The average Bonchev–Trinajstić information content (AvgIpc) is 2.40. The summed E-state index contributed by atoms with van der Waals surface area (Å²) in [5.74, 6) is 0.00509. The van der Waals surface area contributed by atoms with Crippen molar-refractivity contribution >= 4 is 23.2 Å². The van der Waals surface area contributed by atoms with Crippen LogP contribution >= 0.6 is 11.6 Å². The van der Waals surface area contributed by atoms with Gasteiger partial charge in [-0.1, -0.05) is 35.9 Å². The van der Waals surface area contributed by atoms with E-state index in [9.17, 15) is 4.79 Å². The number of carbonyl (C=O) groups is 1. The molecule has 2 aromatic carbocycles. The van der Waals surface area contributed by atoms with Crippen LogP contribution in [0.2, 0.25) is 5.02 Å². The molecule has 0 spiro atoms. The summed E-state index contributed by atoms with van der Waals surface area (Å²) in [6, 6.07) is 13.5. The zero-order chi connectivity index (χ0) is 14.5. The van der Waals surface area contributed by atoms with Crippen LogP contribution in [0.1, 0.15) is 23.1 Å². The molecule has 2 nitrogen and oxygen atoms in total. The lowest BCUT2D eigenvalue weighted by atomic mass is 10.0. The summed E-state index contributed by atoms with van der Waals surface area (Å²) >= 11 is 5.88. The Balaban J connectivity index is 1.90. The van der Waals surface area contributed by atoms with Gasteiger partial charge in [0.05, 0.1) is 0 Å². The Morgan fingerprint density at radius 3 is 2.60 bits per heavy atom. The molecule has 2 rings (SSSR count). The maximum atomic E-state index is 11.9. The van der Waals surface area contributed by atoms with Crippen molar-refractivity contribution in [3.63, 3.8) is 0 Å². The SMILES string of the molecule is Cc1ccc(CCC(=O)Nc2cccc(Cl)c2)cc1C. The van der Waals surface area contributed by atoms with Crippen molar-refractivity contribution in [3.05, 3.63) is 64.2 Å². The number of hydrogen-bond acceptors (Lipinski definition) is 1. The molecule has 104 valence electrons. The minimum atomic E-state index is 0.00509. The molecule has 20 heavy (non-hydrogen) atoms. The lowest BCUT2D eigenvalue weighted by molar-refractivity contribution is -0.116. The van der Waals surface area contributed by atoms with Crippen molar-refractivity contribution in [2.75, 3.05) is 5.32 Å². The van der Waals surface area contributed by atoms with Gasteiger partial charge in [-0.05, 0) is 55.2 Å². The van der Waals surface area contributed by atoms with Gasteiger partial charge in [0.1, 0.15) is 0 Å². The first kappa shape index (κ1) is 14.6. The van der Waals surface area contributed by atoms with Gasteiger partial charge in [-0.3, -0.25) is 4.79 Å². The monoisotopic (exact) mass is 287 g/mol. The summed E-state index contributed by atoms with van der Waals surface area (Å²) in [6.07, 6.45) is 1.21. The van der Waals surface area contributed by atoms with E-state index in [-0.39, 0.29) is 5.91 Å². The van der Waals surface area contributed by atoms with Crippen LogP contribution in [0.25, 0.3) is 0 Å². The summed E-state index contributed by atoms with van der Waals surface area (Å²) in [7, 11) is 0. The van der Waals surface area contributed by atoms with Crippen LogP contribution in [0.3, 0.4) is 0 Å². The Labute approximate surface area is 124 Å². The third-order valence-electron chi connectivity index (χ3n) is 3.32. The van der Waals surface area contributed by atoms with Crippen LogP contribution in [-0.2, 0) is 11.2 Å². The minimum Gasteiger partial charge on any atom is -0.326 e. The van der Waals surface area contributed by atoms with Crippen molar-refractivity contribution in [2.24, 2.45) is 0 Å². The Hall–Kier alpha value is -1.80. The molecule has 0 atom stereocenters. The number of hydrogen-bond donors (Lipinski definition) is 1. The normalized spacial score (nSPS) is 10.3. The van der Waals surface area contributed by atoms with Crippen molar-refractivity contribution in [1.82, 2.24) is 0 Å². The number of rotatable bonds is 4. The summed E-state index contributed by atoms with van der Waals surface area (Å²) in [5, 5.41) is 3.48. The van der Waals surface area contributed by atoms with Gasteiger partial charge < -0.3 is 5.32 Å². The number of aryl methyl sites for hydroxylation is 3. The van der Waals surface area contributed by atoms with Gasteiger partial charge in [-0.25, -0.2) is 0 Å². The van der Waals surface area contributed by atoms with Crippen LogP contribution in [-0.4, -0.2) is 5.91 Å². The molecule has 0 aliphatic heterocycles. The summed E-state index contributed by atoms with van der Waals surface area (Å²) < 4.78 is 0. The van der Waals surface area contributed by atoms with Crippen LogP contribution in [0.15, 0.2) is 42.5 Å². The van der Waals surface area contributed by atoms with Crippen molar-refractivity contribution in [3.8, 4) is 0 Å². The van der Waals surface area contributed by atoms with E-state index in [1.807, 2.05) is 12.1 Å². The predicted molar refractivity (Wildman–Crippen MR) is 84.3 cm³/mol. The average molecular weight is 288 g/mol. The summed E-state index contributed by atoms with van der Waals surface area (Å²) in [5.41, 5.74) is 4.46. The second-order valence-corrected chi connectivity index (χ2v) is 5.41. The highest BCUT2D eigenvalue weighted by Crippen LogP contribution is 2.16. The molecular weight excluding hydrogens is 270 g/mol. The van der Waals surface area contributed by atoms with E-state index >= 15 is 0 Å². The first-order valence-electron chi connectivity index (χ1n) is 6.66. The number of carbonyl (C=O) groups excluding carboxylic acids is 1. The van der Waals surface area contributed by atoms with E-state index in [1.54, 1.807) is 12.1 Å². The zero-order valence-electron chi connectivity index (χ0n) is 11.7. The molecule has 1 N–H and O–H groups in total. The van der Waals surface area contributed by atoms with Crippen LogP contribution in [0, 0.1) is 13.8 Å². The smallest absolute Gasteiger partial charge is 0.224 e. The molecule has 0 aliphatic rings. The molecule has 1 amide bonds. The highest BCUT2D eigenvalue weighted by atomic mass is 35.5. The first-order chi connectivity index (χ1) is 9.54. The standard InChI is InChI=1S/C17H18ClNO/c1-12-6-7-14(10-13(12)2)8-9-17(20)19-16-5-3-4-15(18)11-16/h3-7,10-11H,8-9H2,1-2H3,(H,19,20). The molecule has 0 saturated carbocycles. The van der Waals surface area contributed by atoms with E-state index in [2.05, 4.69) is 37.4 Å². The van der Waals surface area contributed by atoms with E-state index in [0.29, 0.717) is 11.4 Å². The number of anilines is 1. The fourth-order valence-electron chi connectivity index (χ4n) is 2.01. The van der Waals surface area contributed by atoms with Gasteiger partial charge in [-0.2, -0.15) is 0 Å². The molecule has 0 aromatic heterocycles. The molecule has 2 aromatic rings. The summed E-state index contributed by atoms with van der Waals surface area (Å²) in [4.78, 5) is 11.9. The second-order valence-electron chi connectivity index (χ2n) is 4.98. The quantitative estimate of drug-likeness (QED) is 0.879. The highest BCUT2D eigenvalue weighted by molar-refractivity contribution is 6.30. The van der Waals surface area contributed by atoms with E-state index in [4.69, 9.17) is 11.6 Å². The number of halogens is 1. The molecule has 0 radical (unpaired) electrons. The minimum absolute atomic E-state index is 0.00509. The Bertz CT molecular complexity index is 622. The zero-order valence-corrected chi connectivity index (χ0v) is 12.5. The fourth-order valence-corrected chi connectivity index (χ4v) is 2.20. The maximum Gasteiger partial charge on any atom is 0.224 e. The van der Waals surface area contributed by atoms with Crippen molar-refractivity contribution < 1.29 is 4.79 Å². The highest BCUT2D eigenvalue weighted by Gasteiger charge is 2.04. The van der Waals surface area contributed by atoms with Crippen LogP contribution in [0.5, 0.6) is 0 Å². The molecule has 0 saturated heterocycles. The van der Waals surface area contributed by atoms with Crippen LogP contribution in [0.4, 0.5) is 5.69 Å². The number of amides is 1. The first-order valence-corrected chi connectivity index (χ1v) is 7.04. The summed E-state index contributed by atoms with van der Waals surface area (Å²) in [6.45, 7) is 4.18. The third-order valence-corrected chi connectivity index (χ3v) is 3.56. The van der Waals surface area contributed by atoms with Crippen molar-refractivity contribution in [1.29, 1.82) is 0 Å². The maximum absolute atomic E-state index is 11.9. The fraction of sp³-hybridized carbons (Fsp3) is 0.235. The lowest BCUT2D eigenvalue weighted by Crippen LogP contribution is -2.12. The van der Waals surface area contributed by atoms with Gasteiger partial charge >= 0.3 is 0 Å². The molecule has 0 fully saturated rings. The van der Waals surface area contributed by atoms with E-state index in [0.717, 1.165) is 12.1 Å². The molecular formula is C17H18ClNO. The molecule has 3 heteroatoms. The second kappa shape index (κ2) is 6.58. The third kappa shape index (κ3) is 4.10. The van der Waals surface area contributed by atoms with Gasteiger partial charge in [0.2, 0.25) is 5.91 Å². The Kier molecular flexibility index (Phi) is 4.80. The lowest BCUT2D eigenvalue weighted by Gasteiger charge is -2.07. The number of benzene rings is 2. The topological polar surface area (TPSA) is 29.1 Å². The Morgan fingerprint density at radius 1 is 1.10 bits per heavy atom. The van der Waals surface area contributed by atoms with Crippen molar-refractivity contribution in [2.45, 2.75) is 26.7 Å². The van der Waals surface area contributed by atoms with E-state index < -0.39 is 0 Å². The number of nitrogens with one attached hydrogen (secondary N) is 1. The predicted octanol–water partition coefficient (Wildman–Crippen LogP) is 4.53. The molecule has 0 heterocycles. The van der Waals surface area contributed by atoms with Gasteiger partial charge in [0.15, 0.2) is 0 Å². The van der Waals surface area contributed by atoms with Gasteiger partial charge in [-0.15, -0.1) is 0 Å². The molecule has 0 bridgehead atoms. The van der Waals surface area contributed by atoms with Gasteiger partial charge in [0, 0.05) is 17.1 Å². The molecule has 0 unspecified atom stereocenters. The van der Waals surface area contributed by atoms with Gasteiger partial charge in [0.25, 0.3) is 0 Å². The molecule has 0 aliphatic carbocycles. The Morgan fingerprint density at radius 2 is 1.90 bits per heavy atom. The van der Waals surface area contributed by atoms with Crippen LogP contribution < -0.4 is 5.32 Å².